The summed E-state index contributed by atoms with van der Waals surface area (Å²) >= 11 is 0. The van der Waals surface area contributed by atoms with E-state index < -0.39 is 0 Å². The molecule has 0 saturated heterocycles. The van der Waals surface area contributed by atoms with Crippen LogP contribution >= 0.6 is 0 Å². The van der Waals surface area contributed by atoms with Crippen molar-refractivity contribution in [1.82, 2.24) is 14.8 Å². The van der Waals surface area contributed by atoms with Crippen molar-refractivity contribution in [2.24, 2.45) is 10.2 Å². The van der Waals surface area contributed by atoms with Crippen LogP contribution in [0.1, 0.15) is 37.5 Å². The molecule has 1 aromatic heterocycles. The number of quaternary nitrogens is 1. The molecule has 6 nitrogen and oxygen atoms in total. The second kappa shape index (κ2) is 10.3. The minimum Gasteiger partial charge on any atom is -0.275 e. The highest BCUT2D eigenvalue weighted by atomic mass is 15.3. The van der Waals surface area contributed by atoms with Crippen molar-refractivity contribution < 1.29 is 5.32 Å². The van der Waals surface area contributed by atoms with Gasteiger partial charge in [-0.2, -0.15) is 0 Å². The van der Waals surface area contributed by atoms with Crippen molar-refractivity contribution in [3.8, 4) is 28.5 Å². The van der Waals surface area contributed by atoms with Crippen molar-refractivity contribution in [3.05, 3.63) is 138 Å². The zero-order chi connectivity index (χ0) is 28.7. The Morgan fingerprint density at radius 2 is 1.21 bits per heavy atom. The predicted molar refractivity (Wildman–Crippen MR) is 170 cm³/mol. The summed E-state index contributed by atoms with van der Waals surface area (Å²) in [6.07, 6.45) is 0. The normalized spacial score (nSPS) is 13.3. The van der Waals surface area contributed by atoms with Crippen LogP contribution < -0.4 is 5.32 Å². The van der Waals surface area contributed by atoms with Gasteiger partial charge in [0, 0.05) is 16.8 Å². The average molecular weight is 548 g/mol. The first-order valence-corrected chi connectivity index (χ1v) is 14.2. The van der Waals surface area contributed by atoms with Gasteiger partial charge in [-0.3, -0.25) is 4.57 Å². The molecule has 0 fully saturated rings. The summed E-state index contributed by atoms with van der Waals surface area (Å²) in [5, 5.41) is 23.0. The smallest absolute Gasteiger partial charge is 0.258 e. The highest BCUT2D eigenvalue weighted by Gasteiger charge is 2.24. The van der Waals surface area contributed by atoms with Crippen molar-refractivity contribution in [3.63, 3.8) is 0 Å². The van der Waals surface area contributed by atoms with Crippen LogP contribution in [0.2, 0.25) is 0 Å². The Bertz CT molecular complexity index is 1970. The van der Waals surface area contributed by atoms with E-state index >= 15 is 0 Å². The molecule has 0 spiro atoms. The maximum atomic E-state index is 4.71. The van der Waals surface area contributed by atoms with E-state index in [1.165, 1.54) is 16.3 Å². The predicted octanol–water partition coefficient (Wildman–Crippen LogP) is 6.74. The fraction of sp³-hybridized carbons (Fsp3) is 0.111. The van der Waals surface area contributed by atoms with E-state index in [1.807, 2.05) is 24.3 Å². The molecule has 0 radical (unpaired) electrons. The first-order valence-electron chi connectivity index (χ1n) is 14.2. The van der Waals surface area contributed by atoms with Crippen molar-refractivity contribution in [2.75, 3.05) is 0 Å². The highest BCUT2D eigenvalue weighted by Crippen LogP contribution is 2.31. The Kier molecular flexibility index (Phi) is 6.33. The van der Waals surface area contributed by atoms with E-state index in [9.17, 15) is 0 Å². The van der Waals surface area contributed by atoms with E-state index in [2.05, 4.69) is 138 Å². The summed E-state index contributed by atoms with van der Waals surface area (Å²) in [5.41, 5.74) is 6.39. The fourth-order valence-electron chi connectivity index (χ4n) is 5.43. The molecule has 0 unspecified atom stereocenters. The number of hydrogen-bond acceptors (Lipinski definition) is 4. The topological polar surface area (TPSA) is 72.0 Å². The number of benzene rings is 5. The van der Waals surface area contributed by atoms with Crippen molar-refractivity contribution >= 4 is 22.4 Å². The van der Waals surface area contributed by atoms with Gasteiger partial charge in [-0.25, -0.2) is 5.32 Å². The molecule has 7 rings (SSSR count). The van der Waals surface area contributed by atoms with Crippen molar-refractivity contribution in [1.29, 1.82) is 0 Å². The molecule has 5 aromatic carbocycles. The molecular formula is C36H31N6+. The molecular weight excluding hydrogens is 516 g/mol. The van der Waals surface area contributed by atoms with Crippen LogP contribution in [0.25, 0.3) is 39.2 Å². The van der Waals surface area contributed by atoms with Gasteiger partial charge in [0.1, 0.15) is 0 Å². The summed E-state index contributed by atoms with van der Waals surface area (Å²) in [7, 11) is 0. The van der Waals surface area contributed by atoms with E-state index in [4.69, 9.17) is 10.2 Å². The van der Waals surface area contributed by atoms with Gasteiger partial charge in [0.2, 0.25) is 0 Å². The lowest BCUT2D eigenvalue weighted by Gasteiger charge is -2.19. The lowest BCUT2D eigenvalue weighted by Crippen LogP contribution is -2.90. The Morgan fingerprint density at radius 3 is 2.00 bits per heavy atom. The third-order valence-electron chi connectivity index (χ3n) is 7.71. The molecule has 42 heavy (non-hydrogen) atoms. The van der Waals surface area contributed by atoms with E-state index in [0.717, 1.165) is 51.3 Å². The number of fused-ring (bicyclic) bond motifs is 1. The Morgan fingerprint density at radius 1 is 0.571 bits per heavy atom. The minimum atomic E-state index is 0.0778. The first kappa shape index (κ1) is 25.7. The van der Waals surface area contributed by atoms with Gasteiger partial charge in [-0.1, -0.05) is 122 Å². The molecule has 0 aliphatic carbocycles. The van der Waals surface area contributed by atoms with Crippen LogP contribution in [-0.4, -0.2) is 26.4 Å². The highest BCUT2D eigenvalue weighted by molar-refractivity contribution is 6.11. The summed E-state index contributed by atoms with van der Waals surface area (Å²) in [6.45, 7) is 6.67. The maximum Gasteiger partial charge on any atom is 0.258 e. The molecule has 0 saturated carbocycles. The van der Waals surface area contributed by atoms with Crippen LogP contribution in [0.4, 0.5) is 0 Å². The molecule has 2 N–H and O–H groups in total. The van der Waals surface area contributed by atoms with Crippen molar-refractivity contribution in [2.45, 2.75) is 26.2 Å². The minimum absolute atomic E-state index is 0.0778. The van der Waals surface area contributed by atoms with Gasteiger partial charge in [0.25, 0.3) is 11.7 Å². The number of nitrogens with zero attached hydrogens (tertiary/aromatic N) is 5. The standard InChI is InChI=1S/C36H30N6/c1-36(2,3)28-21-19-25(20-22-28)34-40-41-35(42(34)29-15-5-4-6-16-29)27-14-9-13-26(23-27)32-37-33(39-38-32)31-18-10-12-24-11-7-8-17-30(24)31/h4-23H,1-3H3,(H,37,38,39)/p+1. The second-order valence-corrected chi connectivity index (χ2v) is 11.6. The molecule has 6 heteroatoms. The molecule has 204 valence electrons. The summed E-state index contributed by atoms with van der Waals surface area (Å²) in [4.78, 5) is 0. The van der Waals surface area contributed by atoms with Crippen LogP contribution in [-0.2, 0) is 5.41 Å². The summed E-state index contributed by atoms with van der Waals surface area (Å²) in [6, 6.07) is 41.9. The molecule has 1 aliphatic heterocycles. The molecule has 0 atom stereocenters. The lowest BCUT2D eigenvalue weighted by molar-refractivity contribution is -0.400. The van der Waals surface area contributed by atoms with Gasteiger partial charge >= 0.3 is 0 Å². The van der Waals surface area contributed by atoms with E-state index in [1.54, 1.807) is 0 Å². The number of para-hydroxylation sites is 1. The Hall–Kier alpha value is -5.20. The number of hydrogen-bond donors (Lipinski definition) is 1. The number of rotatable bonds is 5. The first-order chi connectivity index (χ1) is 20.5. The number of aromatic nitrogens is 3. The van der Waals surface area contributed by atoms with E-state index in [0.29, 0.717) is 0 Å². The largest absolute Gasteiger partial charge is 0.275 e. The molecule has 6 aromatic rings. The monoisotopic (exact) mass is 547 g/mol. The average Bonchev–Trinajstić information content (AvgIpc) is 3.70. The van der Waals surface area contributed by atoms with Gasteiger partial charge in [0.15, 0.2) is 11.6 Å². The maximum absolute atomic E-state index is 4.71. The van der Waals surface area contributed by atoms with Crippen LogP contribution in [0.3, 0.4) is 0 Å². The molecule has 1 aliphatic rings. The zero-order valence-corrected chi connectivity index (χ0v) is 23.9. The zero-order valence-electron chi connectivity index (χ0n) is 23.9. The fourth-order valence-corrected chi connectivity index (χ4v) is 5.43. The van der Waals surface area contributed by atoms with Crippen LogP contribution in [0, 0.1) is 0 Å². The third-order valence-corrected chi connectivity index (χ3v) is 7.71. The van der Waals surface area contributed by atoms with Gasteiger partial charge in [-0.15, -0.1) is 10.2 Å². The van der Waals surface area contributed by atoms with Crippen LogP contribution in [0.15, 0.2) is 132 Å². The van der Waals surface area contributed by atoms with Gasteiger partial charge in [0.05, 0.1) is 11.1 Å². The summed E-state index contributed by atoms with van der Waals surface area (Å²) in [5.74, 6) is 3.25. The van der Waals surface area contributed by atoms with Gasteiger partial charge < -0.3 is 0 Å². The second-order valence-electron chi connectivity index (χ2n) is 11.6. The Labute approximate surface area is 245 Å². The lowest BCUT2D eigenvalue weighted by atomic mass is 9.86. The SMILES string of the molecule is CC(C)(C)c1ccc(-c2nnc(-c3cccc(C4=NN=C(c5cccc6ccccc56)[NH2+]4)c3)n2-c2ccccc2)cc1. The number of amidine groups is 2. The van der Waals surface area contributed by atoms with Gasteiger partial charge in [-0.05, 0) is 52.1 Å². The van der Waals surface area contributed by atoms with E-state index in [-0.39, 0.29) is 5.41 Å². The molecule has 0 bridgehead atoms. The molecule has 0 amide bonds. The molecule has 2 heterocycles. The van der Waals surface area contributed by atoms with Crippen LogP contribution in [0.5, 0.6) is 0 Å². The Balaban J connectivity index is 1.24. The summed E-state index contributed by atoms with van der Waals surface area (Å²) < 4.78 is 2.13. The third kappa shape index (κ3) is 4.72. The quantitative estimate of drug-likeness (QED) is 0.260. The number of nitrogens with two attached hydrogens (primary N) is 1.